The van der Waals surface area contributed by atoms with E-state index in [1.54, 1.807) is 12.3 Å². The van der Waals surface area contributed by atoms with Crippen molar-refractivity contribution in [3.05, 3.63) is 24.2 Å². The highest BCUT2D eigenvalue weighted by atomic mass is 32.2. The Hall–Kier alpha value is -0.850. The quantitative estimate of drug-likeness (QED) is 0.761. The maximum Gasteiger partial charge on any atom is 0.215 e. The third kappa shape index (κ3) is 4.14. The van der Waals surface area contributed by atoms with Crippen LogP contribution in [-0.2, 0) is 16.4 Å². The Kier molecular flexibility index (Phi) is 5.17. The SMILES string of the molecule is CCC(CN)S(=O)(=O)NC(C)Cc1ccco1. The van der Waals surface area contributed by atoms with Crippen molar-refractivity contribution >= 4 is 10.0 Å². The lowest BCUT2D eigenvalue weighted by Crippen LogP contribution is -2.43. The molecule has 3 N–H and O–H groups in total. The summed E-state index contributed by atoms with van der Waals surface area (Å²) in [5, 5.41) is -0.526. The Morgan fingerprint density at radius 1 is 1.53 bits per heavy atom. The van der Waals surface area contributed by atoms with E-state index < -0.39 is 15.3 Å². The summed E-state index contributed by atoms with van der Waals surface area (Å²) in [5.74, 6) is 0.765. The number of hydrogen-bond acceptors (Lipinski definition) is 4. The second-order valence-corrected chi connectivity index (χ2v) is 6.11. The van der Waals surface area contributed by atoms with Crippen molar-refractivity contribution in [2.45, 2.75) is 38.0 Å². The van der Waals surface area contributed by atoms with Crippen molar-refractivity contribution in [1.29, 1.82) is 0 Å². The van der Waals surface area contributed by atoms with Crippen molar-refractivity contribution in [2.75, 3.05) is 6.54 Å². The van der Waals surface area contributed by atoms with Gasteiger partial charge in [-0.25, -0.2) is 13.1 Å². The number of furan rings is 1. The third-order valence-electron chi connectivity index (χ3n) is 2.61. The molecular weight excluding hydrogens is 240 g/mol. The van der Waals surface area contributed by atoms with Gasteiger partial charge in [0, 0.05) is 19.0 Å². The van der Waals surface area contributed by atoms with Crippen LogP contribution in [0, 0.1) is 0 Å². The van der Waals surface area contributed by atoms with Gasteiger partial charge in [-0.15, -0.1) is 0 Å². The predicted molar refractivity (Wildman–Crippen MR) is 67.1 cm³/mol. The maximum atomic E-state index is 11.9. The molecule has 0 saturated heterocycles. The molecule has 0 aliphatic rings. The molecule has 0 aliphatic heterocycles. The number of rotatable bonds is 7. The molecule has 0 aliphatic carbocycles. The molecule has 2 unspecified atom stereocenters. The smallest absolute Gasteiger partial charge is 0.215 e. The molecule has 1 rings (SSSR count). The Labute approximate surface area is 102 Å². The van der Waals surface area contributed by atoms with Crippen LogP contribution < -0.4 is 10.5 Å². The van der Waals surface area contributed by atoms with Gasteiger partial charge in [0.2, 0.25) is 10.0 Å². The number of nitrogens with one attached hydrogen (secondary N) is 1. The molecule has 6 heteroatoms. The minimum Gasteiger partial charge on any atom is -0.469 e. The molecule has 98 valence electrons. The minimum atomic E-state index is -3.34. The monoisotopic (exact) mass is 260 g/mol. The minimum absolute atomic E-state index is 0.138. The number of nitrogens with two attached hydrogens (primary N) is 1. The molecule has 0 saturated carbocycles. The normalized spacial score (nSPS) is 15.7. The van der Waals surface area contributed by atoms with Gasteiger partial charge in [-0.3, -0.25) is 0 Å². The average Bonchev–Trinajstić information content (AvgIpc) is 2.70. The maximum absolute atomic E-state index is 11.9. The molecular formula is C11H20N2O3S. The van der Waals surface area contributed by atoms with Gasteiger partial charge in [0.05, 0.1) is 11.5 Å². The molecule has 1 heterocycles. The average molecular weight is 260 g/mol. The Bertz CT molecular complexity index is 410. The molecule has 0 aromatic carbocycles. The second kappa shape index (κ2) is 6.18. The fourth-order valence-corrected chi connectivity index (χ4v) is 3.19. The van der Waals surface area contributed by atoms with E-state index >= 15 is 0 Å². The second-order valence-electron chi connectivity index (χ2n) is 4.11. The third-order valence-corrected chi connectivity index (χ3v) is 4.74. The van der Waals surface area contributed by atoms with E-state index in [9.17, 15) is 8.42 Å². The highest BCUT2D eigenvalue weighted by molar-refractivity contribution is 7.90. The summed E-state index contributed by atoms with van der Waals surface area (Å²) in [6.45, 7) is 3.76. The van der Waals surface area contributed by atoms with Crippen molar-refractivity contribution in [2.24, 2.45) is 5.73 Å². The highest BCUT2D eigenvalue weighted by Gasteiger charge is 2.24. The largest absolute Gasteiger partial charge is 0.469 e. The van der Waals surface area contributed by atoms with Crippen LogP contribution in [0.15, 0.2) is 22.8 Å². The standard InChI is InChI=1S/C11H20N2O3S/c1-3-11(8-12)17(14,15)13-9(2)7-10-5-4-6-16-10/h4-6,9,11,13H,3,7-8,12H2,1-2H3. The fourth-order valence-electron chi connectivity index (χ4n) is 1.66. The van der Waals surface area contributed by atoms with E-state index in [1.807, 2.05) is 19.9 Å². The zero-order valence-electron chi connectivity index (χ0n) is 10.2. The highest BCUT2D eigenvalue weighted by Crippen LogP contribution is 2.08. The first-order chi connectivity index (χ1) is 7.99. The van der Waals surface area contributed by atoms with Crippen molar-refractivity contribution in [3.8, 4) is 0 Å². The van der Waals surface area contributed by atoms with Gasteiger partial charge in [-0.2, -0.15) is 0 Å². The van der Waals surface area contributed by atoms with Gasteiger partial charge in [-0.1, -0.05) is 6.92 Å². The van der Waals surface area contributed by atoms with Crippen LogP contribution >= 0.6 is 0 Å². The van der Waals surface area contributed by atoms with Gasteiger partial charge < -0.3 is 10.2 Å². The topological polar surface area (TPSA) is 85.3 Å². The summed E-state index contributed by atoms with van der Waals surface area (Å²) >= 11 is 0. The van der Waals surface area contributed by atoms with Crippen molar-refractivity contribution in [1.82, 2.24) is 4.72 Å². The predicted octanol–water partition coefficient (Wildman–Crippen LogP) is 0.867. The molecule has 0 fully saturated rings. The molecule has 17 heavy (non-hydrogen) atoms. The Morgan fingerprint density at radius 3 is 2.71 bits per heavy atom. The number of sulfonamides is 1. The molecule has 1 aromatic rings. The summed E-state index contributed by atoms with van der Waals surface area (Å²) in [7, 11) is -3.34. The van der Waals surface area contributed by atoms with Crippen molar-refractivity contribution in [3.63, 3.8) is 0 Å². The van der Waals surface area contributed by atoms with Crippen LogP contribution in [0.25, 0.3) is 0 Å². The lowest BCUT2D eigenvalue weighted by molar-refractivity contribution is 0.476. The zero-order chi connectivity index (χ0) is 12.9. The summed E-state index contributed by atoms with van der Waals surface area (Å²) in [5.41, 5.74) is 5.44. The van der Waals surface area contributed by atoms with Gasteiger partial charge in [0.1, 0.15) is 5.76 Å². The number of hydrogen-bond donors (Lipinski definition) is 2. The first-order valence-electron chi connectivity index (χ1n) is 5.73. The molecule has 2 atom stereocenters. The first kappa shape index (κ1) is 14.2. The van der Waals surface area contributed by atoms with Crippen LogP contribution in [0.3, 0.4) is 0 Å². The molecule has 0 spiro atoms. The van der Waals surface area contributed by atoms with E-state index in [4.69, 9.17) is 10.2 Å². The van der Waals surface area contributed by atoms with Gasteiger partial charge >= 0.3 is 0 Å². The summed E-state index contributed by atoms with van der Waals surface area (Å²) < 4.78 is 31.6. The van der Waals surface area contributed by atoms with E-state index in [0.29, 0.717) is 12.8 Å². The van der Waals surface area contributed by atoms with Crippen LogP contribution in [-0.4, -0.2) is 26.3 Å². The van der Waals surface area contributed by atoms with Crippen LogP contribution in [0.2, 0.25) is 0 Å². The summed E-state index contributed by atoms with van der Waals surface area (Å²) in [4.78, 5) is 0. The lowest BCUT2D eigenvalue weighted by atomic mass is 10.2. The van der Waals surface area contributed by atoms with E-state index in [1.165, 1.54) is 0 Å². The first-order valence-corrected chi connectivity index (χ1v) is 7.27. The van der Waals surface area contributed by atoms with Gasteiger partial charge in [0.25, 0.3) is 0 Å². The molecule has 0 radical (unpaired) electrons. The Morgan fingerprint density at radius 2 is 2.24 bits per heavy atom. The van der Waals surface area contributed by atoms with Gasteiger partial charge in [0.15, 0.2) is 0 Å². The van der Waals surface area contributed by atoms with E-state index in [2.05, 4.69) is 4.72 Å². The fraction of sp³-hybridized carbons (Fsp3) is 0.636. The van der Waals surface area contributed by atoms with Crippen LogP contribution in [0.1, 0.15) is 26.0 Å². The Balaban J connectivity index is 2.58. The molecule has 1 aromatic heterocycles. The molecule has 5 nitrogen and oxygen atoms in total. The zero-order valence-corrected chi connectivity index (χ0v) is 11.0. The van der Waals surface area contributed by atoms with Crippen molar-refractivity contribution < 1.29 is 12.8 Å². The summed E-state index contributed by atoms with van der Waals surface area (Å²) in [6.07, 6.45) is 2.62. The molecule has 0 amide bonds. The van der Waals surface area contributed by atoms with Crippen LogP contribution in [0.5, 0.6) is 0 Å². The van der Waals surface area contributed by atoms with Crippen LogP contribution in [0.4, 0.5) is 0 Å². The summed E-state index contributed by atoms with van der Waals surface area (Å²) in [6, 6.07) is 3.41. The van der Waals surface area contributed by atoms with E-state index in [0.717, 1.165) is 5.76 Å². The van der Waals surface area contributed by atoms with E-state index in [-0.39, 0.29) is 12.6 Å². The molecule has 0 bridgehead atoms. The lowest BCUT2D eigenvalue weighted by Gasteiger charge is -2.18. The van der Waals surface area contributed by atoms with Gasteiger partial charge in [-0.05, 0) is 25.5 Å².